The van der Waals surface area contributed by atoms with Gasteiger partial charge in [0.25, 0.3) is 0 Å². The number of fused-ring (bicyclic) bond motifs is 1. The molecule has 0 saturated heterocycles. The first-order chi connectivity index (χ1) is 20.0. The second kappa shape index (κ2) is 10.3. The number of anilines is 3. The van der Waals surface area contributed by atoms with Gasteiger partial charge in [-0.25, -0.2) is 0 Å². The Labute approximate surface area is 244 Å². The standard InChI is InChI=1S/C37H29NO2S/c1-24(27-10-18-33(40)19-11-27)29-22-34-35(23-29)37(34)38(31-14-8-28(9-15-31)36-3-2-20-41-36)30-12-4-25(5-13-30)21-26-6-16-32(39)17-7-26/h2-20,22-24,39-40H,21H2,1H3/t24-/m0/s1. The number of hydrogen-bond donors (Lipinski definition) is 2. The maximum Gasteiger partial charge on any atom is 0.115 e. The third-order valence-corrected chi connectivity index (χ3v) is 8.87. The van der Waals surface area contributed by atoms with E-state index in [0.717, 1.165) is 17.8 Å². The summed E-state index contributed by atoms with van der Waals surface area (Å²) in [7, 11) is 0. The van der Waals surface area contributed by atoms with Gasteiger partial charge in [-0.1, -0.05) is 61.5 Å². The lowest BCUT2D eigenvalue weighted by Crippen LogP contribution is -2.07. The summed E-state index contributed by atoms with van der Waals surface area (Å²) in [4.78, 5) is 3.63. The smallest absolute Gasteiger partial charge is 0.115 e. The van der Waals surface area contributed by atoms with E-state index in [-0.39, 0.29) is 5.92 Å². The molecule has 41 heavy (non-hydrogen) atoms. The first-order valence-electron chi connectivity index (χ1n) is 13.8. The number of phenols is 2. The van der Waals surface area contributed by atoms with Gasteiger partial charge in [-0.15, -0.1) is 11.3 Å². The molecule has 200 valence electrons. The van der Waals surface area contributed by atoms with Crippen molar-refractivity contribution in [1.29, 1.82) is 0 Å². The number of nitrogens with zero attached hydrogens (tertiary/aromatic N) is 1. The highest BCUT2D eigenvalue weighted by Crippen LogP contribution is 2.58. The molecule has 0 bridgehead atoms. The van der Waals surface area contributed by atoms with E-state index in [0.29, 0.717) is 11.5 Å². The third kappa shape index (κ3) is 4.99. The molecule has 4 heteroatoms. The molecule has 5 aromatic rings. The zero-order valence-electron chi connectivity index (χ0n) is 22.7. The molecule has 0 saturated carbocycles. The monoisotopic (exact) mass is 551 g/mol. The molecule has 0 aliphatic heterocycles. The van der Waals surface area contributed by atoms with Crippen LogP contribution < -0.4 is 4.90 Å². The molecular weight excluding hydrogens is 522 g/mol. The van der Waals surface area contributed by atoms with Crippen molar-refractivity contribution >= 4 is 28.4 Å². The second-order valence-corrected chi connectivity index (χ2v) is 11.6. The summed E-state index contributed by atoms with van der Waals surface area (Å²) in [5, 5.41) is 21.4. The predicted octanol–water partition coefficient (Wildman–Crippen LogP) is 10.0. The maximum absolute atomic E-state index is 9.69. The zero-order valence-corrected chi connectivity index (χ0v) is 23.5. The Kier molecular flexibility index (Phi) is 6.33. The van der Waals surface area contributed by atoms with Gasteiger partial charge in [0.05, 0.1) is 5.69 Å². The molecule has 0 radical (unpaired) electrons. The number of thiophene rings is 1. The average Bonchev–Trinajstić information content (AvgIpc) is 3.36. The van der Waals surface area contributed by atoms with Crippen LogP contribution in [0.5, 0.6) is 11.5 Å². The molecule has 4 aromatic carbocycles. The molecule has 2 aliphatic carbocycles. The second-order valence-electron chi connectivity index (χ2n) is 10.6. The Hall–Kier alpha value is -4.80. The van der Waals surface area contributed by atoms with Crippen LogP contribution in [0.15, 0.2) is 127 Å². The SMILES string of the molecule is C[C@@H](c1ccc(O)cc1)c1cc2c(N(c3ccc(Cc4ccc(O)cc4)cc3)c3ccc(-c4cccs4)cc3)c-2c1. The van der Waals surface area contributed by atoms with Crippen molar-refractivity contribution in [2.75, 3.05) is 4.90 Å². The van der Waals surface area contributed by atoms with E-state index in [1.165, 1.54) is 49.5 Å². The minimum Gasteiger partial charge on any atom is -0.508 e. The fourth-order valence-electron chi connectivity index (χ4n) is 5.56. The van der Waals surface area contributed by atoms with Gasteiger partial charge in [-0.2, -0.15) is 0 Å². The highest BCUT2D eigenvalue weighted by molar-refractivity contribution is 7.13. The molecule has 0 spiro atoms. The predicted molar refractivity (Wildman–Crippen MR) is 170 cm³/mol. The van der Waals surface area contributed by atoms with Crippen LogP contribution in [-0.4, -0.2) is 10.2 Å². The molecule has 3 nitrogen and oxygen atoms in total. The summed E-state index contributed by atoms with van der Waals surface area (Å²) in [5.74, 6) is 0.836. The number of rotatable bonds is 8. The van der Waals surface area contributed by atoms with E-state index in [4.69, 9.17) is 0 Å². The highest BCUT2D eigenvalue weighted by Gasteiger charge is 2.33. The van der Waals surface area contributed by atoms with Crippen LogP contribution in [0.3, 0.4) is 0 Å². The Balaban J connectivity index is 1.21. The van der Waals surface area contributed by atoms with Crippen LogP contribution in [0.2, 0.25) is 0 Å². The molecule has 2 aliphatic rings. The summed E-state index contributed by atoms with van der Waals surface area (Å²) in [6.07, 6.45) is 0.816. The van der Waals surface area contributed by atoms with Gasteiger partial charge >= 0.3 is 0 Å². The Morgan fingerprint density at radius 1 is 0.634 bits per heavy atom. The van der Waals surface area contributed by atoms with Gasteiger partial charge in [0.1, 0.15) is 11.5 Å². The van der Waals surface area contributed by atoms with Crippen molar-refractivity contribution in [3.05, 3.63) is 149 Å². The van der Waals surface area contributed by atoms with Crippen molar-refractivity contribution in [3.8, 4) is 33.1 Å². The first kappa shape index (κ1) is 25.2. The zero-order chi connectivity index (χ0) is 27.9. The largest absolute Gasteiger partial charge is 0.508 e. The van der Waals surface area contributed by atoms with Gasteiger partial charge in [0.2, 0.25) is 0 Å². The number of aromatic hydroxyl groups is 2. The Morgan fingerprint density at radius 3 is 1.73 bits per heavy atom. The van der Waals surface area contributed by atoms with Crippen LogP contribution in [0, 0.1) is 0 Å². The summed E-state index contributed by atoms with van der Waals surface area (Å²) in [6.45, 7) is 2.22. The molecule has 1 heterocycles. The lowest BCUT2D eigenvalue weighted by molar-refractivity contribution is 0.474. The van der Waals surface area contributed by atoms with Gasteiger partial charge in [0, 0.05) is 33.3 Å². The van der Waals surface area contributed by atoms with Crippen LogP contribution in [0.4, 0.5) is 17.1 Å². The van der Waals surface area contributed by atoms with E-state index in [1.807, 2.05) is 24.3 Å². The van der Waals surface area contributed by atoms with Crippen LogP contribution in [0.1, 0.15) is 35.1 Å². The third-order valence-electron chi connectivity index (χ3n) is 7.95. The molecule has 7 rings (SSSR count). The fraction of sp³-hybridized carbons (Fsp3) is 0.0811. The minimum atomic E-state index is 0.252. The van der Waals surface area contributed by atoms with E-state index in [9.17, 15) is 10.2 Å². The van der Waals surface area contributed by atoms with Crippen molar-refractivity contribution < 1.29 is 10.2 Å². The van der Waals surface area contributed by atoms with E-state index in [1.54, 1.807) is 35.6 Å². The summed E-state index contributed by atoms with van der Waals surface area (Å²) < 4.78 is 0. The normalized spacial score (nSPS) is 12.2. The molecular formula is C37H29NO2S. The molecule has 1 atom stereocenters. The Morgan fingerprint density at radius 2 is 1.17 bits per heavy atom. The topological polar surface area (TPSA) is 43.7 Å². The van der Waals surface area contributed by atoms with Crippen molar-refractivity contribution in [1.82, 2.24) is 0 Å². The first-order valence-corrected chi connectivity index (χ1v) is 14.7. The molecule has 2 N–H and O–H groups in total. The van der Waals surface area contributed by atoms with Gasteiger partial charge in [-0.05, 0) is 106 Å². The quantitative estimate of drug-likeness (QED) is 0.197. The number of hydrogen-bond acceptors (Lipinski definition) is 4. The Bertz CT molecular complexity index is 1780. The van der Waals surface area contributed by atoms with Crippen molar-refractivity contribution in [2.45, 2.75) is 19.3 Å². The van der Waals surface area contributed by atoms with Gasteiger partial charge in [0.15, 0.2) is 0 Å². The number of phenolic OH excluding ortho intramolecular Hbond substituents is 2. The van der Waals surface area contributed by atoms with Crippen molar-refractivity contribution in [3.63, 3.8) is 0 Å². The fourth-order valence-corrected chi connectivity index (χ4v) is 6.29. The van der Waals surface area contributed by atoms with Crippen LogP contribution in [-0.2, 0) is 6.42 Å². The number of benzene rings is 5. The van der Waals surface area contributed by atoms with E-state index >= 15 is 0 Å². The molecule has 0 amide bonds. The minimum absolute atomic E-state index is 0.252. The summed E-state index contributed by atoms with van der Waals surface area (Å²) >= 11 is 1.76. The molecule has 0 unspecified atom stereocenters. The molecule has 1 aromatic heterocycles. The van der Waals surface area contributed by atoms with Crippen LogP contribution >= 0.6 is 11.3 Å². The highest BCUT2D eigenvalue weighted by atomic mass is 32.1. The lowest BCUT2D eigenvalue weighted by atomic mass is 9.95. The van der Waals surface area contributed by atoms with E-state index in [2.05, 4.69) is 90.0 Å². The van der Waals surface area contributed by atoms with E-state index < -0.39 is 0 Å². The molecule has 0 fully saturated rings. The maximum atomic E-state index is 9.69. The van der Waals surface area contributed by atoms with Gasteiger partial charge < -0.3 is 15.1 Å². The van der Waals surface area contributed by atoms with Crippen molar-refractivity contribution in [2.24, 2.45) is 0 Å². The lowest BCUT2D eigenvalue weighted by Gasteiger charge is -2.22. The van der Waals surface area contributed by atoms with Crippen LogP contribution in [0.25, 0.3) is 21.6 Å². The van der Waals surface area contributed by atoms with Gasteiger partial charge in [-0.3, -0.25) is 0 Å². The summed E-state index contributed by atoms with van der Waals surface area (Å²) in [6, 6.07) is 41.4. The summed E-state index contributed by atoms with van der Waals surface area (Å²) in [5.41, 5.74) is 12.2. The average molecular weight is 552 g/mol.